The fourth-order valence-corrected chi connectivity index (χ4v) is 3.01. The Morgan fingerprint density at radius 2 is 1.96 bits per heavy atom. The van der Waals surface area contributed by atoms with Gasteiger partial charge in [-0.1, -0.05) is 12.1 Å². The number of pyridine rings is 1. The van der Waals surface area contributed by atoms with Gasteiger partial charge in [-0.05, 0) is 18.2 Å². The average Bonchev–Trinajstić information content (AvgIpc) is 2.69. The van der Waals surface area contributed by atoms with E-state index in [4.69, 9.17) is 4.74 Å². The molecule has 0 saturated heterocycles. The molecule has 4 rings (SSSR count). The fourth-order valence-electron chi connectivity index (χ4n) is 3.01. The maximum atomic E-state index is 14.0. The molecular weight excluding hydrogens is 376 g/mol. The molecule has 2 aromatic heterocycles. The Kier molecular flexibility index (Phi) is 4.58. The summed E-state index contributed by atoms with van der Waals surface area (Å²) in [5.41, 5.74) is -0.188. The zero-order valence-corrected chi connectivity index (χ0v) is 14.4. The first-order valence-corrected chi connectivity index (χ1v) is 8.46. The maximum Gasteiger partial charge on any atom is 0.433 e. The van der Waals surface area contributed by atoms with Gasteiger partial charge in [-0.15, -0.1) is 0 Å². The van der Waals surface area contributed by atoms with Gasteiger partial charge in [0.15, 0.2) is 23.1 Å². The Bertz CT molecular complexity index is 995. The number of anilines is 1. The van der Waals surface area contributed by atoms with Crippen molar-refractivity contribution in [2.45, 2.75) is 18.6 Å². The molecule has 5 nitrogen and oxygen atoms in total. The number of alkyl halides is 3. The summed E-state index contributed by atoms with van der Waals surface area (Å²) >= 11 is 0. The second kappa shape index (κ2) is 7.06. The van der Waals surface area contributed by atoms with Gasteiger partial charge in [0.25, 0.3) is 0 Å². The molecule has 3 aromatic rings. The zero-order valence-electron chi connectivity index (χ0n) is 14.4. The van der Waals surface area contributed by atoms with Gasteiger partial charge in [0.2, 0.25) is 0 Å². The minimum atomic E-state index is -4.64. The number of para-hydroxylation sites is 1. The number of nitrogens with zero attached hydrogens (tertiary/aromatic N) is 3. The van der Waals surface area contributed by atoms with Crippen LogP contribution in [0.3, 0.4) is 0 Å². The van der Waals surface area contributed by atoms with Crippen molar-refractivity contribution in [3.63, 3.8) is 0 Å². The highest BCUT2D eigenvalue weighted by Crippen LogP contribution is 2.37. The number of ether oxygens (including phenoxy) is 1. The van der Waals surface area contributed by atoms with Gasteiger partial charge in [0.05, 0.1) is 12.6 Å². The van der Waals surface area contributed by atoms with Crippen molar-refractivity contribution >= 4 is 5.82 Å². The normalized spacial score (nSPS) is 16.2. The summed E-state index contributed by atoms with van der Waals surface area (Å²) in [4.78, 5) is 11.7. The predicted octanol–water partition coefficient (Wildman–Crippen LogP) is 4.63. The van der Waals surface area contributed by atoms with Crippen molar-refractivity contribution in [2.75, 3.05) is 11.9 Å². The number of halogens is 4. The standard InChI is InChI=1S/C19H14F4N4O/c20-13-5-1-4-12-14(6-8-28-17(12)13)25-16-9-15(19(21,22)23)26-18(27-16)11-3-2-7-24-10-11/h1-5,7,9-10,14H,6,8H2,(H,25,26,27)/t14-/m0/s1. The van der Waals surface area contributed by atoms with E-state index < -0.39 is 23.7 Å². The number of rotatable bonds is 3. The molecule has 9 heteroatoms. The molecule has 1 N–H and O–H groups in total. The third-order valence-electron chi connectivity index (χ3n) is 4.28. The molecule has 0 amide bonds. The van der Waals surface area contributed by atoms with Crippen molar-refractivity contribution in [1.29, 1.82) is 0 Å². The molecule has 3 heterocycles. The van der Waals surface area contributed by atoms with Crippen LogP contribution in [0.4, 0.5) is 23.4 Å². The average molecular weight is 390 g/mol. The third-order valence-corrected chi connectivity index (χ3v) is 4.28. The maximum absolute atomic E-state index is 14.0. The first-order chi connectivity index (χ1) is 13.4. The lowest BCUT2D eigenvalue weighted by molar-refractivity contribution is -0.141. The van der Waals surface area contributed by atoms with Crippen LogP contribution in [0.25, 0.3) is 11.4 Å². The second-order valence-corrected chi connectivity index (χ2v) is 6.19. The Hall–Kier alpha value is -3.23. The Morgan fingerprint density at radius 1 is 1.11 bits per heavy atom. The van der Waals surface area contributed by atoms with E-state index in [0.29, 0.717) is 17.5 Å². The van der Waals surface area contributed by atoms with Crippen LogP contribution in [-0.2, 0) is 6.18 Å². The summed E-state index contributed by atoms with van der Waals surface area (Å²) in [7, 11) is 0. The van der Waals surface area contributed by atoms with Crippen LogP contribution in [-0.4, -0.2) is 21.6 Å². The Labute approximate surface area is 157 Å². The van der Waals surface area contributed by atoms with Crippen molar-refractivity contribution in [2.24, 2.45) is 0 Å². The predicted molar refractivity (Wildman–Crippen MR) is 93.1 cm³/mol. The molecule has 0 aliphatic carbocycles. The van der Waals surface area contributed by atoms with Crippen LogP contribution in [0.2, 0.25) is 0 Å². The minimum absolute atomic E-state index is 0.0108. The van der Waals surface area contributed by atoms with Crippen molar-refractivity contribution in [1.82, 2.24) is 15.0 Å². The quantitative estimate of drug-likeness (QED) is 0.661. The number of hydrogen-bond acceptors (Lipinski definition) is 5. The molecule has 144 valence electrons. The fraction of sp³-hybridized carbons (Fsp3) is 0.211. The lowest BCUT2D eigenvalue weighted by Crippen LogP contribution is -2.22. The van der Waals surface area contributed by atoms with Crippen molar-refractivity contribution in [3.8, 4) is 17.1 Å². The summed E-state index contributed by atoms with van der Waals surface area (Å²) in [5.74, 6) is -0.525. The van der Waals surface area contributed by atoms with Gasteiger partial charge in [0, 0.05) is 36.0 Å². The highest BCUT2D eigenvalue weighted by Gasteiger charge is 2.34. The number of benzene rings is 1. The van der Waals surface area contributed by atoms with E-state index in [9.17, 15) is 17.6 Å². The number of hydrogen-bond donors (Lipinski definition) is 1. The number of fused-ring (bicyclic) bond motifs is 1. The van der Waals surface area contributed by atoms with E-state index in [0.717, 1.165) is 6.07 Å². The first kappa shape index (κ1) is 18.1. The summed E-state index contributed by atoms with van der Waals surface area (Å²) in [5, 5.41) is 2.97. The topological polar surface area (TPSA) is 59.9 Å². The number of nitrogens with one attached hydrogen (secondary N) is 1. The van der Waals surface area contributed by atoms with E-state index in [-0.39, 0.29) is 24.0 Å². The van der Waals surface area contributed by atoms with E-state index in [2.05, 4.69) is 20.3 Å². The van der Waals surface area contributed by atoms with Gasteiger partial charge in [-0.3, -0.25) is 4.98 Å². The zero-order chi connectivity index (χ0) is 19.7. The molecule has 1 aliphatic rings. The van der Waals surface area contributed by atoms with Crippen molar-refractivity contribution < 1.29 is 22.3 Å². The van der Waals surface area contributed by atoms with E-state index >= 15 is 0 Å². The summed E-state index contributed by atoms with van der Waals surface area (Å²) < 4.78 is 59.3. The molecule has 0 saturated carbocycles. The van der Waals surface area contributed by atoms with Gasteiger partial charge in [-0.25, -0.2) is 14.4 Å². The van der Waals surface area contributed by atoms with E-state index in [1.807, 2.05) is 0 Å². The molecule has 0 fully saturated rings. The third kappa shape index (κ3) is 3.60. The number of aromatic nitrogens is 3. The van der Waals surface area contributed by atoms with Crippen LogP contribution in [0.15, 0.2) is 48.8 Å². The lowest BCUT2D eigenvalue weighted by atomic mass is 10.0. The summed E-state index contributed by atoms with van der Waals surface area (Å²) in [6, 6.07) is 8.03. The summed E-state index contributed by atoms with van der Waals surface area (Å²) in [6.07, 6.45) is -1.30. The monoisotopic (exact) mass is 390 g/mol. The molecule has 28 heavy (non-hydrogen) atoms. The van der Waals surface area contributed by atoms with Crippen LogP contribution >= 0.6 is 0 Å². The lowest BCUT2D eigenvalue weighted by Gasteiger charge is -2.27. The first-order valence-electron chi connectivity index (χ1n) is 8.46. The molecule has 0 unspecified atom stereocenters. The van der Waals surface area contributed by atoms with Gasteiger partial charge in [-0.2, -0.15) is 13.2 Å². The molecule has 1 atom stereocenters. The van der Waals surface area contributed by atoms with Crippen LogP contribution in [0.5, 0.6) is 5.75 Å². The highest BCUT2D eigenvalue weighted by atomic mass is 19.4. The van der Waals surface area contributed by atoms with Crippen LogP contribution in [0, 0.1) is 5.82 Å². The smallest absolute Gasteiger partial charge is 0.433 e. The minimum Gasteiger partial charge on any atom is -0.490 e. The van der Waals surface area contributed by atoms with Gasteiger partial charge in [0.1, 0.15) is 5.82 Å². The highest BCUT2D eigenvalue weighted by molar-refractivity contribution is 5.57. The van der Waals surface area contributed by atoms with E-state index in [1.54, 1.807) is 18.2 Å². The molecule has 1 aliphatic heterocycles. The molecule has 1 aromatic carbocycles. The Balaban J connectivity index is 1.74. The van der Waals surface area contributed by atoms with Crippen LogP contribution < -0.4 is 10.1 Å². The van der Waals surface area contributed by atoms with Crippen LogP contribution in [0.1, 0.15) is 23.7 Å². The molecule has 0 radical (unpaired) electrons. The largest absolute Gasteiger partial charge is 0.490 e. The van der Waals surface area contributed by atoms with Crippen molar-refractivity contribution in [3.05, 3.63) is 65.9 Å². The second-order valence-electron chi connectivity index (χ2n) is 6.19. The SMILES string of the molecule is Fc1cccc2c1OCC[C@@H]2Nc1cc(C(F)(F)F)nc(-c2cccnc2)n1. The molecule has 0 spiro atoms. The molecule has 0 bridgehead atoms. The molecular formula is C19H14F4N4O. The van der Waals surface area contributed by atoms with Gasteiger partial charge >= 0.3 is 6.18 Å². The van der Waals surface area contributed by atoms with Gasteiger partial charge < -0.3 is 10.1 Å². The Morgan fingerprint density at radius 3 is 2.71 bits per heavy atom. The summed E-state index contributed by atoms with van der Waals surface area (Å²) in [6.45, 7) is 0.234. The van der Waals surface area contributed by atoms with E-state index in [1.165, 1.54) is 24.5 Å².